The number of amides is 2. The van der Waals surface area contributed by atoms with Crippen molar-refractivity contribution in [1.29, 1.82) is 0 Å². The molecule has 0 spiro atoms. The minimum Gasteiger partial charge on any atom is -0.352 e. The summed E-state index contributed by atoms with van der Waals surface area (Å²) in [4.78, 5) is 23.9. The lowest BCUT2D eigenvalue weighted by atomic mass is 10.1. The minimum atomic E-state index is -0.0771. The van der Waals surface area contributed by atoms with Crippen LogP contribution in [0.1, 0.15) is 53.7 Å². The molecule has 0 radical (unpaired) electrons. The van der Waals surface area contributed by atoms with Gasteiger partial charge in [-0.25, -0.2) is 0 Å². The Kier molecular flexibility index (Phi) is 7.39. The van der Waals surface area contributed by atoms with Gasteiger partial charge in [0.2, 0.25) is 5.91 Å². The summed E-state index contributed by atoms with van der Waals surface area (Å²) in [6.07, 6.45) is 2.26. The largest absolute Gasteiger partial charge is 0.352 e. The van der Waals surface area contributed by atoms with Crippen molar-refractivity contribution in [1.82, 2.24) is 10.6 Å². The van der Waals surface area contributed by atoms with Crippen molar-refractivity contribution in [2.75, 3.05) is 0 Å². The van der Waals surface area contributed by atoms with E-state index in [0.717, 1.165) is 18.4 Å². The first-order chi connectivity index (χ1) is 12.4. The second kappa shape index (κ2) is 9.76. The van der Waals surface area contributed by atoms with E-state index in [1.807, 2.05) is 26.0 Å². The zero-order chi connectivity index (χ0) is 18.9. The molecule has 0 aliphatic carbocycles. The third-order valence-corrected chi connectivity index (χ3v) is 4.12. The molecule has 2 N–H and O–H groups in total. The lowest BCUT2D eigenvalue weighted by Crippen LogP contribution is -2.30. The van der Waals surface area contributed by atoms with Gasteiger partial charge in [-0.3, -0.25) is 9.59 Å². The van der Waals surface area contributed by atoms with Gasteiger partial charge in [0.1, 0.15) is 0 Å². The van der Waals surface area contributed by atoms with Crippen LogP contribution in [0, 0.1) is 6.92 Å². The van der Waals surface area contributed by atoms with Gasteiger partial charge in [0, 0.05) is 24.6 Å². The van der Waals surface area contributed by atoms with Crippen molar-refractivity contribution in [2.24, 2.45) is 0 Å². The zero-order valence-corrected chi connectivity index (χ0v) is 15.8. The van der Waals surface area contributed by atoms with Gasteiger partial charge in [0.15, 0.2) is 0 Å². The van der Waals surface area contributed by atoms with Crippen molar-refractivity contribution in [3.8, 4) is 0 Å². The van der Waals surface area contributed by atoms with E-state index in [4.69, 9.17) is 0 Å². The van der Waals surface area contributed by atoms with E-state index in [9.17, 15) is 9.59 Å². The zero-order valence-electron chi connectivity index (χ0n) is 15.8. The number of rotatable bonds is 8. The fourth-order valence-electron chi connectivity index (χ4n) is 2.62. The molecule has 0 saturated heterocycles. The van der Waals surface area contributed by atoms with Gasteiger partial charge >= 0.3 is 0 Å². The van der Waals surface area contributed by atoms with Crippen LogP contribution < -0.4 is 10.6 Å². The Labute approximate surface area is 156 Å². The Morgan fingerprint density at radius 1 is 0.923 bits per heavy atom. The molecule has 0 saturated carbocycles. The van der Waals surface area contributed by atoms with Gasteiger partial charge < -0.3 is 10.6 Å². The molecule has 0 atom stereocenters. The van der Waals surface area contributed by atoms with Gasteiger partial charge in [-0.1, -0.05) is 42.0 Å². The Morgan fingerprint density at radius 2 is 1.54 bits per heavy atom. The highest BCUT2D eigenvalue weighted by atomic mass is 16.2. The van der Waals surface area contributed by atoms with Crippen LogP contribution >= 0.6 is 0 Å². The number of hydrogen-bond acceptors (Lipinski definition) is 2. The molecule has 138 valence electrons. The molecular weight excluding hydrogens is 324 g/mol. The maximum absolute atomic E-state index is 12.0. The summed E-state index contributed by atoms with van der Waals surface area (Å²) in [7, 11) is 0. The van der Waals surface area contributed by atoms with Crippen molar-refractivity contribution in [3.05, 3.63) is 70.8 Å². The molecule has 0 aliphatic heterocycles. The normalized spacial score (nSPS) is 10.6. The minimum absolute atomic E-state index is 0.0544. The van der Waals surface area contributed by atoms with E-state index >= 15 is 0 Å². The Hall–Kier alpha value is -2.62. The summed E-state index contributed by atoms with van der Waals surface area (Å²) < 4.78 is 0. The van der Waals surface area contributed by atoms with E-state index in [1.165, 1.54) is 11.1 Å². The molecule has 0 aromatic heterocycles. The molecule has 2 aromatic rings. The highest BCUT2D eigenvalue weighted by Crippen LogP contribution is 2.08. The van der Waals surface area contributed by atoms with Crippen molar-refractivity contribution in [2.45, 2.75) is 52.6 Å². The van der Waals surface area contributed by atoms with E-state index in [-0.39, 0.29) is 17.9 Å². The molecule has 0 fully saturated rings. The Morgan fingerprint density at radius 3 is 2.15 bits per heavy atom. The number of aryl methyl sites for hydroxylation is 2. The SMILES string of the molecule is Cc1ccc(CCCC(=O)NCc2ccc(C(=O)NC(C)C)cc2)cc1. The molecule has 26 heavy (non-hydrogen) atoms. The van der Waals surface area contributed by atoms with Crippen LogP contribution in [0.5, 0.6) is 0 Å². The summed E-state index contributed by atoms with van der Waals surface area (Å²) in [5, 5.41) is 5.80. The quantitative estimate of drug-likeness (QED) is 0.760. The van der Waals surface area contributed by atoms with Gasteiger partial charge in [-0.15, -0.1) is 0 Å². The molecule has 2 rings (SSSR count). The van der Waals surface area contributed by atoms with Gasteiger partial charge in [0.05, 0.1) is 0 Å². The molecule has 0 aliphatic rings. The predicted molar refractivity (Wildman–Crippen MR) is 105 cm³/mol. The van der Waals surface area contributed by atoms with Crippen molar-refractivity contribution < 1.29 is 9.59 Å². The summed E-state index contributed by atoms with van der Waals surface area (Å²) in [5.74, 6) is -0.0227. The van der Waals surface area contributed by atoms with Crippen molar-refractivity contribution >= 4 is 11.8 Å². The molecule has 0 unspecified atom stereocenters. The molecule has 2 amide bonds. The highest BCUT2D eigenvalue weighted by molar-refractivity contribution is 5.94. The first kappa shape index (κ1) is 19.7. The van der Waals surface area contributed by atoms with Gasteiger partial charge in [0.25, 0.3) is 5.91 Å². The monoisotopic (exact) mass is 352 g/mol. The molecule has 0 heterocycles. The average molecular weight is 352 g/mol. The van der Waals surface area contributed by atoms with Crippen LogP contribution in [0.15, 0.2) is 48.5 Å². The van der Waals surface area contributed by atoms with Crippen LogP contribution in [0.4, 0.5) is 0 Å². The lowest BCUT2D eigenvalue weighted by molar-refractivity contribution is -0.121. The number of nitrogens with one attached hydrogen (secondary N) is 2. The van der Waals surface area contributed by atoms with Gasteiger partial charge in [-0.05, 0) is 56.9 Å². The third kappa shape index (κ3) is 6.71. The van der Waals surface area contributed by atoms with Crippen LogP contribution in [0.2, 0.25) is 0 Å². The van der Waals surface area contributed by atoms with Crippen LogP contribution in [0.3, 0.4) is 0 Å². The number of carbonyl (C=O) groups is 2. The molecular formula is C22H28N2O2. The van der Waals surface area contributed by atoms with E-state index < -0.39 is 0 Å². The fraction of sp³-hybridized carbons (Fsp3) is 0.364. The van der Waals surface area contributed by atoms with Gasteiger partial charge in [-0.2, -0.15) is 0 Å². The third-order valence-electron chi connectivity index (χ3n) is 4.12. The molecule has 0 bridgehead atoms. The van der Waals surface area contributed by atoms with Crippen LogP contribution in [-0.4, -0.2) is 17.9 Å². The summed E-state index contributed by atoms with van der Waals surface area (Å²) in [6.45, 7) is 6.41. The number of carbonyl (C=O) groups excluding carboxylic acids is 2. The van der Waals surface area contributed by atoms with Crippen molar-refractivity contribution in [3.63, 3.8) is 0 Å². The Bertz CT molecular complexity index is 719. The molecule has 2 aromatic carbocycles. The molecule has 4 nitrogen and oxygen atoms in total. The van der Waals surface area contributed by atoms with E-state index in [1.54, 1.807) is 12.1 Å². The second-order valence-corrected chi connectivity index (χ2v) is 6.94. The summed E-state index contributed by atoms with van der Waals surface area (Å²) >= 11 is 0. The highest BCUT2D eigenvalue weighted by Gasteiger charge is 2.07. The topological polar surface area (TPSA) is 58.2 Å². The standard InChI is InChI=1S/C22H28N2O2/c1-16(2)24-22(26)20-13-11-19(12-14-20)15-23-21(25)6-4-5-18-9-7-17(3)8-10-18/h7-14,16H,4-6,15H2,1-3H3,(H,23,25)(H,24,26). The molecule has 4 heteroatoms. The summed E-state index contributed by atoms with van der Waals surface area (Å²) in [6, 6.07) is 15.9. The predicted octanol–water partition coefficient (Wildman–Crippen LogP) is 3.77. The fourth-order valence-corrected chi connectivity index (χ4v) is 2.62. The van der Waals surface area contributed by atoms with Crippen LogP contribution in [-0.2, 0) is 17.8 Å². The lowest BCUT2D eigenvalue weighted by Gasteiger charge is -2.09. The Balaban J connectivity index is 1.71. The smallest absolute Gasteiger partial charge is 0.251 e. The second-order valence-electron chi connectivity index (χ2n) is 6.94. The first-order valence-electron chi connectivity index (χ1n) is 9.16. The van der Waals surface area contributed by atoms with E-state index in [0.29, 0.717) is 18.5 Å². The van der Waals surface area contributed by atoms with E-state index in [2.05, 4.69) is 41.8 Å². The average Bonchev–Trinajstić information content (AvgIpc) is 2.61. The summed E-state index contributed by atoms with van der Waals surface area (Å²) in [5.41, 5.74) is 4.13. The number of hydrogen-bond donors (Lipinski definition) is 2. The van der Waals surface area contributed by atoms with Crippen LogP contribution in [0.25, 0.3) is 0 Å². The maximum Gasteiger partial charge on any atom is 0.251 e. The first-order valence-corrected chi connectivity index (χ1v) is 9.16. The maximum atomic E-state index is 12.0. The number of benzene rings is 2.